The van der Waals surface area contributed by atoms with Crippen molar-refractivity contribution in [2.24, 2.45) is 0 Å². The van der Waals surface area contributed by atoms with Crippen LogP contribution >= 0.6 is 11.6 Å². The van der Waals surface area contributed by atoms with Gasteiger partial charge >= 0.3 is 0 Å². The van der Waals surface area contributed by atoms with Crippen LogP contribution in [0.1, 0.15) is 34.8 Å². The van der Waals surface area contributed by atoms with Gasteiger partial charge < -0.3 is 5.32 Å². The Morgan fingerprint density at radius 3 is 2.44 bits per heavy atom. The number of alkyl halides is 1. The van der Waals surface area contributed by atoms with Gasteiger partial charge in [0.05, 0.1) is 0 Å². The van der Waals surface area contributed by atoms with Crippen LogP contribution in [-0.2, 0) is 0 Å². The zero-order valence-electron chi connectivity index (χ0n) is 10.0. The molecule has 0 spiro atoms. The van der Waals surface area contributed by atoms with E-state index in [2.05, 4.69) is 5.32 Å². The highest BCUT2D eigenvalue weighted by Gasteiger charge is 2.11. The zero-order valence-corrected chi connectivity index (χ0v) is 10.8. The fraction of sp³-hybridized carbons (Fsp3) is 0.462. The molecular formula is C13H18ClNO. The SMILES string of the molecule is Cc1cccc(C)c1C(=O)NCCC(C)Cl. The highest BCUT2D eigenvalue weighted by Crippen LogP contribution is 2.12. The third-order valence-electron chi connectivity index (χ3n) is 2.54. The molecule has 1 aromatic rings. The van der Waals surface area contributed by atoms with E-state index in [1.807, 2.05) is 39.0 Å². The second-order valence-electron chi connectivity index (χ2n) is 4.09. The first-order valence-electron chi connectivity index (χ1n) is 5.51. The molecule has 0 fully saturated rings. The van der Waals surface area contributed by atoms with Crippen molar-refractivity contribution in [3.05, 3.63) is 34.9 Å². The predicted octanol–water partition coefficient (Wildman–Crippen LogP) is 3.05. The van der Waals surface area contributed by atoms with Gasteiger partial charge in [0.25, 0.3) is 5.91 Å². The fourth-order valence-corrected chi connectivity index (χ4v) is 1.75. The number of rotatable bonds is 4. The third-order valence-corrected chi connectivity index (χ3v) is 2.75. The van der Waals surface area contributed by atoms with Crippen molar-refractivity contribution >= 4 is 17.5 Å². The maximum absolute atomic E-state index is 11.9. The van der Waals surface area contributed by atoms with Crippen molar-refractivity contribution in [2.75, 3.05) is 6.54 Å². The normalized spacial score (nSPS) is 12.2. The molecule has 1 N–H and O–H groups in total. The van der Waals surface area contributed by atoms with Gasteiger partial charge in [0, 0.05) is 17.5 Å². The lowest BCUT2D eigenvalue weighted by Crippen LogP contribution is -2.27. The van der Waals surface area contributed by atoms with Gasteiger partial charge in [-0.25, -0.2) is 0 Å². The minimum atomic E-state index is -0.00656. The summed E-state index contributed by atoms with van der Waals surface area (Å²) in [6.45, 7) is 6.45. The number of carbonyl (C=O) groups excluding carboxylic acids is 1. The van der Waals surface area contributed by atoms with E-state index in [0.717, 1.165) is 23.1 Å². The summed E-state index contributed by atoms with van der Waals surface area (Å²) in [6, 6.07) is 5.86. The summed E-state index contributed by atoms with van der Waals surface area (Å²) in [5.41, 5.74) is 2.80. The molecule has 0 saturated carbocycles. The molecule has 0 aliphatic heterocycles. The highest BCUT2D eigenvalue weighted by atomic mass is 35.5. The summed E-state index contributed by atoms with van der Waals surface area (Å²) in [7, 11) is 0. The molecule has 0 radical (unpaired) electrons. The quantitative estimate of drug-likeness (QED) is 0.804. The molecule has 3 heteroatoms. The van der Waals surface area contributed by atoms with Crippen LogP contribution in [0, 0.1) is 13.8 Å². The van der Waals surface area contributed by atoms with E-state index in [4.69, 9.17) is 11.6 Å². The lowest BCUT2D eigenvalue weighted by molar-refractivity contribution is 0.0952. The van der Waals surface area contributed by atoms with Crippen LogP contribution in [0.25, 0.3) is 0 Å². The van der Waals surface area contributed by atoms with Crippen molar-refractivity contribution in [3.8, 4) is 0 Å². The molecule has 1 amide bonds. The Kier molecular flexibility index (Phi) is 4.81. The van der Waals surface area contributed by atoms with E-state index < -0.39 is 0 Å². The first-order valence-corrected chi connectivity index (χ1v) is 5.94. The van der Waals surface area contributed by atoms with Crippen LogP contribution in [0.5, 0.6) is 0 Å². The summed E-state index contributed by atoms with van der Waals surface area (Å²) in [5.74, 6) is -0.00656. The molecule has 2 nitrogen and oxygen atoms in total. The van der Waals surface area contributed by atoms with E-state index in [1.54, 1.807) is 0 Å². The van der Waals surface area contributed by atoms with Gasteiger partial charge in [0.15, 0.2) is 0 Å². The molecule has 16 heavy (non-hydrogen) atoms. The molecule has 1 rings (SSSR count). The molecule has 0 saturated heterocycles. The minimum Gasteiger partial charge on any atom is -0.352 e. The van der Waals surface area contributed by atoms with Gasteiger partial charge in [-0.15, -0.1) is 11.6 Å². The summed E-state index contributed by atoms with van der Waals surface area (Å²) < 4.78 is 0. The first-order chi connectivity index (χ1) is 7.52. The van der Waals surface area contributed by atoms with E-state index in [0.29, 0.717) is 6.54 Å². The number of amides is 1. The second-order valence-corrected chi connectivity index (χ2v) is 4.84. The zero-order chi connectivity index (χ0) is 12.1. The molecular weight excluding hydrogens is 222 g/mol. The lowest BCUT2D eigenvalue weighted by Gasteiger charge is -2.10. The number of aryl methyl sites for hydroxylation is 2. The Morgan fingerprint density at radius 1 is 1.38 bits per heavy atom. The number of hydrogen-bond acceptors (Lipinski definition) is 1. The topological polar surface area (TPSA) is 29.1 Å². The van der Waals surface area contributed by atoms with Crippen molar-refractivity contribution in [1.29, 1.82) is 0 Å². The van der Waals surface area contributed by atoms with Crippen LogP contribution in [0.2, 0.25) is 0 Å². The van der Waals surface area contributed by atoms with Crippen molar-refractivity contribution in [2.45, 2.75) is 32.6 Å². The van der Waals surface area contributed by atoms with Crippen LogP contribution in [-0.4, -0.2) is 17.8 Å². The molecule has 0 aromatic heterocycles. The summed E-state index contributed by atoms with van der Waals surface area (Å²) >= 11 is 5.82. The summed E-state index contributed by atoms with van der Waals surface area (Å²) in [5, 5.41) is 2.98. The molecule has 1 atom stereocenters. The molecule has 1 unspecified atom stereocenters. The molecule has 0 heterocycles. The van der Waals surface area contributed by atoms with E-state index in [-0.39, 0.29) is 11.3 Å². The van der Waals surface area contributed by atoms with Gasteiger partial charge in [-0.2, -0.15) is 0 Å². The molecule has 1 aromatic carbocycles. The van der Waals surface area contributed by atoms with Crippen LogP contribution in [0.15, 0.2) is 18.2 Å². The van der Waals surface area contributed by atoms with E-state index >= 15 is 0 Å². The van der Waals surface area contributed by atoms with Crippen molar-refractivity contribution in [1.82, 2.24) is 5.32 Å². The van der Waals surface area contributed by atoms with Crippen LogP contribution in [0.3, 0.4) is 0 Å². The Labute approximate surface area is 102 Å². The Balaban J connectivity index is 2.66. The monoisotopic (exact) mass is 239 g/mol. The minimum absolute atomic E-state index is 0.00656. The average molecular weight is 240 g/mol. The fourth-order valence-electron chi connectivity index (χ4n) is 1.65. The number of nitrogens with one attached hydrogen (secondary N) is 1. The Morgan fingerprint density at radius 2 is 1.94 bits per heavy atom. The Hall–Kier alpha value is -1.02. The summed E-state index contributed by atoms with van der Waals surface area (Å²) in [6.07, 6.45) is 0.790. The van der Waals surface area contributed by atoms with Crippen molar-refractivity contribution in [3.63, 3.8) is 0 Å². The van der Waals surface area contributed by atoms with Gasteiger partial charge in [-0.3, -0.25) is 4.79 Å². The average Bonchev–Trinajstić information content (AvgIpc) is 2.16. The van der Waals surface area contributed by atoms with Gasteiger partial charge in [-0.1, -0.05) is 18.2 Å². The molecule has 0 aliphatic carbocycles. The maximum Gasteiger partial charge on any atom is 0.251 e. The number of carbonyl (C=O) groups is 1. The maximum atomic E-state index is 11.9. The summed E-state index contributed by atoms with van der Waals surface area (Å²) in [4.78, 5) is 11.9. The standard InChI is InChI=1S/C13H18ClNO/c1-9-5-4-6-10(2)12(9)13(16)15-8-7-11(3)14/h4-6,11H,7-8H2,1-3H3,(H,15,16). The largest absolute Gasteiger partial charge is 0.352 e. The van der Waals surface area contributed by atoms with Gasteiger partial charge in [-0.05, 0) is 38.3 Å². The number of benzene rings is 1. The smallest absolute Gasteiger partial charge is 0.251 e. The Bertz CT molecular complexity index is 354. The lowest BCUT2D eigenvalue weighted by atomic mass is 10.0. The van der Waals surface area contributed by atoms with Crippen LogP contribution < -0.4 is 5.32 Å². The van der Waals surface area contributed by atoms with Crippen LogP contribution in [0.4, 0.5) is 0 Å². The van der Waals surface area contributed by atoms with Gasteiger partial charge in [0.2, 0.25) is 0 Å². The van der Waals surface area contributed by atoms with E-state index in [1.165, 1.54) is 0 Å². The first kappa shape index (κ1) is 13.0. The highest BCUT2D eigenvalue weighted by molar-refractivity contribution is 6.20. The number of halogens is 1. The second kappa shape index (κ2) is 5.90. The van der Waals surface area contributed by atoms with Crippen molar-refractivity contribution < 1.29 is 4.79 Å². The number of hydrogen-bond donors (Lipinski definition) is 1. The van der Waals surface area contributed by atoms with Gasteiger partial charge in [0.1, 0.15) is 0 Å². The molecule has 88 valence electrons. The predicted molar refractivity (Wildman–Crippen MR) is 68.2 cm³/mol. The third kappa shape index (κ3) is 3.53. The van der Waals surface area contributed by atoms with E-state index in [9.17, 15) is 4.79 Å². The molecule has 0 aliphatic rings. The molecule has 0 bridgehead atoms.